The van der Waals surface area contributed by atoms with Crippen molar-refractivity contribution in [2.45, 2.75) is 57.0 Å². The number of aliphatic hydroxyl groups is 1. The second-order valence-electron chi connectivity index (χ2n) is 10.6. The average Bonchev–Trinajstić information content (AvgIpc) is 3.02. The van der Waals surface area contributed by atoms with Gasteiger partial charge in [-0.25, -0.2) is 9.37 Å². The Morgan fingerprint density at radius 2 is 1.63 bits per heavy atom. The summed E-state index contributed by atoms with van der Waals surface area (Å²) >= 11 is 0. The normalized spacial score (nSPS) is 24.1. The summed E-state index contributed by atoms with van der Waals surface area (Å²) in [7, 11) is 0. The molecule has 3 aromatic rings. The minimum atomic E-state index is -2.11. The number of aromatic hydroxyl groups is 1. The van der Waals surface area contributed by atoms with E-state index in [1.165, 1.54) is 19.2 Å². The third-order valence-corrected chi connectivity index (χ3v) is 7.39. The monoisotopic (exact) mass is 647 g/mol. The summed E-state index contributed by atoms with van der Waals surface area (Å²) in [6, 6.07) is 6.11. The van der Waals surface area contributed by atoms with Gasteiger partial charge in [0.05, 0.1) is 24.1 Å². The van der Waals surface area contributed by atoms with Gasteiger partial charge in [-0.1, -0.05) is 30.3 Å². The molecule has 1 saturated heterocycles. The molecule has 3 heterocycles. The van der Waals surface area contributed by atoms with Crippen LogP contribution < -0.4 is 16.0 Å². The van der Waals surface area contributed by atoms with Gasteiger partial charge in [-0.3, -0.25) is 19.2 Å². The Morgan fingerprint density at radius 1 is 0.935 bits per heavy atom. The van der Waals surface area contributed by atoms with Crippen LogP contribution >= 0.6 is 0 Å². The van der Waals surface area contributed by atoms with Crippen molar-refractivity contribution in [2.75, 3.05) is 0 Å². The number of cyclic esters (lactones) is 1. The molecule has 1 fully saturated rings. The van der Waals surface area contributed by atoms with E-state index in [1.54, 1.807) is 30.3 Å². The van der Waals surface area contributed by atoms with Crippen molar-refractivity contribution in [3.63, 3.8) is 0 Å². The molecule has 16 heteroatoms. The lowest BCUT2D eigenvalue weighted by molar-refractivity contribution is -0.164. The van der Waals surface area contributed by atoms with E-state index in [2.05, 4.69) is 25.9 Å². The van der Waals surface area contributed by atoms with Gasteiger partial charge in [0.2, 0.25) is 17.7 Å². The molecule has 3 amide bonds. The van der Waals surface area contributed by atoms with Gasteiger partial charge < -0.3 is 30.9 Å². The molecule has 244 valence electrons. The third-order valence-electron chi connectivity index (χ3n) is 7.39. The molecule has 0 saturated carbocycles. The summed E-state index contributed by atoms with van der Waals surface area (Å²) in [4.78, 5) is 59.7. The van der Waals surface area contributed by atoms with Crippen LogP contribution in [0.3, 0.4) is 0 Å². The quantitative estimate of drug-likeness (QED) is 0.150. The van der Waals surface area contributed by atoms with E-state index < -0.39 is 107 Å². The Labute approximate surface area is 259 Å². The molecule has 1 aliphatic heterocycles. The van der Waals surface area contributed by atoms with Crippen molar-refractivity contribution in [2.24, 2.45) is 5.92 Å². The first-order valence-electron chi connectivity index (χ1n) is 13.9. The van der Waals surface area contributed by atoms with E-state index in [9.17, 15) is 47.0 Å². The molecule has 4 rings (SSSR count). The first-order chi connectivity index (χ1) is 21.8. The maximum Gasteiger partial charge on any atom is 0.312 e. The molecular weight excluding hydrogens is 618 g/mol. The highest BCUT2D eigenvalue weighted by Gasteiger charge is 2.40. The van der Waals surface area contributed by atoms with Crippen molar-refractivity contribution in [1.82, 2.24) is 25.9 Å². The Kier molecular flexibility index (Phi) is 10.5. The highest BCUT2D eigenvalue weighted by Crippen LogP contribution is 2.23. The lowest BCUT2D eigenvalue weighted by atomic mass is 9.92. The largest absolute Gasteiger partial charge is 0.505 e. The molecular formula is C30H29F4N5O7. The van der Waals surface area contributed by atoms with Gasteiger partial charge in [-0.2, -0.15) is 18.2 Å². The smallest absolute Gasteiger partial charge is 0.312 e. The number of hydrogen-bond donors (Lipinski definition) is 5. The standard InChI is InChI=1S/C30H29F4N5O7/c1-13-24(41)17(12-16-20(31)21(32)26(34)39-25(16)33)37-28(43)22(38-29(44)23-18(40)9-6-10-35-23)14(2)36-27(42)19(46-30(13)45)11-15-7-4-3-5-8-15/h3-10,13-14,17,19,22,24,40-41H,11-12H2,1-2H3,(H,36,42)(H,37,43)(H,38,44). The van der Waals surface area contributed by atoms with E-state index in [0.29, 0.717) is 5.56 Å². The van der Waals surface area contributed by atoms with E-state index in [-0.39, 0.29) is 6.42 Å². The highest BCUT2D eigenvalue weighted by atomic mass is 19.2. The maximum absolute atomic E-state index is 14.6. The van der Waals surface area contributed by atoms with Gasteiger partial charge in [-0.05, 0) is 31.5 Å². The molecule has 2 aromatic heterocycles. The number of benzene rings is 1. The van der Waals surface area contributed by atoms with E-state index in [0.717, 1.165) is 13.0 Å². The Bertz CT molecular complexity index is 1630. The molecule has 12 nitrogen and oxygen atoms in total. The first-order valence-corrected chi connectivity index (χ1v) is 13.9. The number of nitrogens with zero attached hydrogens (tertiary/aromatic N) is 2. The van der Waals surface area contributed by atoms with E-state index in [4.69, 9.17) is 4.74 Å². The number of ether oxygens (including phenoxy) is 1. The van der Waals surface area contributed by atoms with Crippen LogP contribution in [0.15, 0.2) is 48.7 Å². The zero-order valence-corrected chi connectivity index (χ0v) is 24.3. The number of hydrogen-bond acceptors (Lipinski definition) is 9. The van der Waals surface area contributed by atoms with E-state index >= 15 is 0 Å². The number of amides is 3. The van der Waals surface area contributed by atoms with Crippen molar-refractivity contribution in [1.29, 1.82) is 0 Å². The van der Waals surface area contributed by atoms with Crippen molar-refractivity contribution >= 4 is 23.7 Å². The lowest BCUT2D eigenvalue weighted by Crippen LogP contribution is -2.62. The molecule has 0 bridgehead atoms. The molecule has 6 atom stereocenters. The summed E-state index contributed by atoms with van der Waals surface area (Å²) < 4.78 is 62.2. The van der Waals surface area contributed by atoms with Crippen LogP contribution in [0, 0.1) is 29.4 Å². The van der Waals surface area contributed by atoms with Crippen LogP contribution in [0.5, 0.6) is 5.75 Å². The Morgan fingerprint density at radius 3 is 2.30 bits per heavy atom. The van der Waals surface area contributed by atoms with Gasteiger partial charge in [0, 0.05) is 24.6 Å². The summed E-state index contributed by atoms with van der Waals surface area (Å²) in [5.74, 6) is -14.2. The number of pyridine rings is 2. The number of carbonyl (C=O) groups is 4. The second kappa shape index (κ2) is 14.3. The van der Waals surface area contributed by atoms with Crippen LogP contribution in [0.1, 0.15) is 35.5 Å². The summed E-state index contributed by atoms with van der Waals surface area (Å²) in [5.41, 5.74) is -1.07. The van der Waals surface area contributed by atoms with Gasteiger partial charge >= 0.3 is 5.97 Å². The molecule has 1 aliphatic rings. The van der Waals surface area contributed by atoms with Crippen LogP contribution in [0.2, 0.25) is 0 Å². The number of carbonyl (C=O) groups excluding carboxylic acids is 4. The number of halogens is 4. The minimum Gasteiger partial charge on any atom is -0.505 e. The van der Waals surface area contributed by atoms with Gasteiger partial charge in [-0.15, -0.1) is 0 Å². The van der Waals surface area contributed by atoms with Gasteiger partial charge in [0.15, 0.2) is 17.6 Å². The number of nitrogens with one attached hydrogen (secondary N) is 3. The number of rotatable bonds is 6. The zero-order valence-electron chi connectivity index (χ0n) is 24.3. The Balaban J connectivity index is 1.75. The summed E-state index contributed by atoms with van der Waals surface area (Å²) in [6.07, 6.45) is -3.48. The number of aromatic nitrogens is 2. The lowest BCUT2D eigenvalue weighted by Gasteiger charge is -2.33. The SMILES string of the molecule is CC1NC(=O)C(Cc2ccccc2)OC(=O)C(C)C(O)C(Cc2c(F)nc(F)c(F)c2F)NC(=O)C1NC(=O)c1ncccc1O. The predicted molar refractivity (Wildman–Crippen MR) is 150 cm³/mol. The van der Waals surface area contributed by atoms with Crippen LogP contribution in [-0.2, 0) is 32.0 Å². The van der Waals surface area contributed by atoms with Crippen molar-refractivity contribution in [3.8, 4) is 5.75 Å². The predicted octanol–water partition coefficient (Wildman–Crippen LogP) is 1.23. The van der Waals surface area contributed by atoms with Crippen LogP contribution in [0.4, 0.5) is 17.6 Å². The summed E-state index contributed by atoms with van der Waals surface area (Å²) in [6.45, 7) is 2.46. The fraction of sp³-hybridized carbons (Fsp3) is 0.333. The fourth-order valence-corrected chi connectivity index (χ4v) is 4.79. The molecule has 5 N–H and O–H groups in total. The van der Waals surface area contributed by atoms with Crippen LogP contribution in [-0.4, -0.2) is 74.2 Å². The molecule has 46 heavy (non-hydrogen) atoms. The average molecular weight is 648 g/mol. The third kappa shape index (κ3) is 7.56. The fourth-order valence-electron chi connectivity index (χ4n) is 4.79. The first kappa shape index (κ1) is 33.8. The number of aliphatic hydroxyl groups excluding tert-OH is 1. The highest BCUT2D eigenvalue weighted by molar-refractivity contribution is 5.98. The summed E-state index contributed by atoms with van der Waals surface area (Å²) in [5, 5.41) is 28.4. The Hall–Kier alpha value is -5.12. The van der Waals surface area contributed by atoms with Gasteiger partial charge in [0.25, 0.3) is 17.8 Å². The minimum absolute atomic E-state index is 0.140. The molecule has 0 aliphatic carbocycles. The topological polar surface area (TPSA) is 180 Å². The number of esters is 1. The van der Waals surface area contributed by atoms with Crippen molar-refractivity contribution < 1.29 is 51.7 Å². The molecule has 6 unspecified atom stereocenters. The van der Waals surface area contributed by atoms with Crippen molar-refractivity contribution in [3.05, 3.63) is 89.0 Å². The van der Waals surface area contributed by atoms with E-state index in [1.807, 2.05) is 0 Å². The molecule has 0 radical (unpaired) electrons. The second-order valence-corrected chi connectivity index (χ2v) is 10.6. The molecule has 0 spiro atoms. The van der Waals surface area contributed by atoms with Gasteiger partial charge in [0.1, 0.15) is 11.8 Å². The zero-order chi connectivity index (χ0) is 33.7. The maximum atomic E-state index is 14.6. The van der Waals surface area contributed by atoms with Crippen LogP contribution in [0.25, 0.3) is 0 Å². The molecule has 1 aromatic carbocycles.